The number of rotatable bonds is 4. The van der Waals surface area contributed by atoms with Crippen LogP contribution in [0.3, 0.4) is 0 Å². The second-order valence-corrected chi connectivity index (χ2v) is 6.06. The Bertz CT molecular complexity index is 704. The van der Waals surface area contributed by atoms with Crippen LogP contribution in [0.2, 0.25) is 15.1 Å². The van der Waals surface area contributed by atoms with Gasteiger partial charge < -0.3 is 10.1 Å². The van der Waals surface area contributed by atoms with Crippen molar-refractivity contribution >= 4 is 46.4 Å². The van der Waals surface area contributed by atoms with Crippen molar-refractivity contribution in [2.45, 2.75) is 20.0 Å². The average molecular weight is 359 g/mol. The lowest BCUT2D eigenvalue weighted by molar-refractivity contribution is -0.122. The predicted octanol–water partition coefficient (Wildman–Crippen LogP) is 5.36. The van der Waals surface area contributed by atoms with Gasteiger partial charge in [0, 0.05) is 5.02 Å². The number of halogens is 3. The molecule has 2 aromatic carbocycles. The van der Waals surface area contributed by atoms with E-state index in [2.05, 4.69) is 5.32 Å². The maximum Gasteiger partial charge on any atom is 0.265 e. The summed E-state index contributed by atoms with van der Waals surface area (Å²) in [5.74, 6) is 0.0699. The van der Waals surface area contributed by atoms with Crippen molar-refractivity contribution < 1.29 is 9.53 Å². The van der Waals surface area contributed by atoms with Crippen LogP contribution >= 0.6 is 34.8 Å². The molecule has 22 heavy (non-hydrogen) atoms. The number of aryl methyl sites for hydroxylation is 1. The van der Waals surface area contributed by atoms with Crippen LogP contribution in [0, 0.1) is 6.92 Å². The number of nitrogens with one attached hydrogen (secondary N) is 1. The third-order valence-electron chi connectivity index (χ3n) is 2.95. The zero-order valence-corrected chi connectivity index (χ0v) is 14.3. The number of hydrogen-bond acceptors (Lipinski definition) is 2. The van der Waals surface area contributed by atoms with Crippen LogP contribution in [0.25, 0.3) is 0 Å². The molecule has 0 bridgehead atoms. The number of amides is 1. The largest absolute Gasteiger partial charge is 0.479 e. The van der Waals surface area contributed by atoms with Gasteiger partial charge in [0.25, 0.3) is 5.91 Å². The summed E-state index contributed by atoms with van der Waals surface area (Å²) in [4.78, 5) is 12.2. The zero-order valence-electron chi connectivity index (χ0n) is 12.0. The molecule has 1 unspecified atom stereocenters. The summed E-state index contributed by atoms with van der Waals surface area (Å²) in [6.45, 7) is 3.55. The highest BCUT2D eigenvalue weighted by Crippen LogP contribution is 2.29. The molecule has 1 amide bonds. The Morgan fingerprint density at radius 2 is 1.82 bits per heavy atom. The zero-order chi connectivity index (χ0) is 16.3. The van der Waals surface area contributed by atoms with Gasteiger partial charge in [-0.2, -0.15) is 0 Å². The van der Waals surface area contributed by atoms with Gasteiger partial charge >= 0.3 is 0 Å². The Balaban J connectivity index is 2.05. The summed E-state index contributed by atoms with van der Waals surface area (Å²) in [5, 5.41) is 4.05. The van der Waals surface area contributed by atoms with E-state index in [4.69, 9.17) is 39.5 Å². The summed E-state index contributed by atoms with van der Waals surface area (Å²) < 4.78 is 5.55. The van der Waals surface area contributed by atoms with Gasteiger partial charge in [0.1, 0.15) is 5.75 Å². The molecule has 2 rings (SSSR count). The molecule has 0 saturated carbocycles. The molecule has 0 fully saturated rings. The van der Waals surface area contributed by atoms with Crippen molar-refractivity contribution in [3.63, 3.8) is 0 Å². The molecule has 3 nitrogen and oxygen atoms in total. The Morgan fingerprint density at radius 3 is 2.45 bits per heavy atom. The van der Waals surface area contributed by atoms with Crippen molar-refractivity contribution in [1.82, 2.24) is 0 Å². The Labute approximate surface area is 144 Å². The van der Waals surface area contributed by atoms with Gasteiger partial charge in [-0.05, 0) is 49.7 Å². The molecule has 1 atom stereocenters. The van der Waals surface area contributed by atoms with E-state index >= 15 is 0 Å². The first kappa shape index (κ1) is 16.9. The molecule has 0 saturated heterocycles. The van der Waals surface area contributed by atoms with Gasteiger partial charge in [0.2, 0.25) is 0 Å². The van der Waals surface area contributed by atoms with Gasteiger partial charge in [-0.1, -0.05) is 40.9 Å². The van der Waals surface area contributed by atoms with E-state index < -0.39 is 6.10 Å². The Kier molecular flexibility index (Phi) is 5.57. The molecule has 6 heteroatoms. The molecule has 1 N–H and O–H groups in total. The van der Waals surface area contributed by atoms with Gasteiger partial charge in [-0.15, -0.1) is 0 Å². The first-order valence-electron chi connectivity index (χ1n) is 6.55. The van der Waals surface area contributed by atoms with Crippen LogP contribution in [0.5, 0.6) is 5.75 Å². The average Bonchev–Trinajstić information content (AvgIpc) is 2.44. The fourth-order valence-electron chi connectivity index (χ4n) is 1.77. The van der Waals surface area contributed by atoms with Crippen molar-refractivity contribution in [3.05, 3.63) is 57.0 Å². The highest BCUT2D eigenvalue weighted by molar-refractivity contribution is 6.35. The fourth-order valence-corrected chi connectivity index (χ4v) is 2.51. The monoisotopic (exact) mass is 357 g/mol. The summed E-state index contributed by atoms with van der Waals surface area (Å²) in [7, 11) is 0. The molecule has 0 aliphatic rings. The minimum atomic E-state index is -0.740. The molecule has 0 aromatic heterocycles. The van der Waals surface area contributed by atoms with Crippen LogP contribution < -0.4 is 10.1 Å². The molecular weight excluding hydrogens is 345 g/mol. The minimum absolute atomic E-state index is 0.322. The lowest BCUT2D eigenvalue weighted by atomic mass is 10.2. The summed E-state index contributed by atoms with van der Waals surface area (Å²) in [6, 6.07) is 10.2. The Hall–Kier alpha value is -1.42. The van der Waals surface area contributed by atoms with E-state index in [1.54, 1.807) is 37.3 Å². The SMILES string of the molecule is Cc1ccc(NC(=O)C(C)Oc2ccc(Cl)cc2Cl)c(Cl)c1. The topological polar surface area (TPSA) is 38.3 Å². The van der Waals surface area contributed by atoms with Crippen LogP contribution in [-0.2, 0) is 4.79 Å². The molecule has 116 valence electrons. The third kappa shape index (κ3) is 4.29. The number of anilines is 1. The molecule has 0 heterocycles. The summed E-state index contributed by atoms with van der Waals surface area (Å²) in [5.41, 5.74) is 1.55. The van der Waals surface area contributed by atoms with Gasteiger partial charge in [-0.25, -0.2) is 0 Å². The van der Waals surface area contributed by atoms with Crippen molar-refractivity contribution in [2.75, 3.05) is 5.32 Å². The molecule has 0 aliphatic carbocycles. The normalized spacial score (nSPS) is 11.9. The van der Waals surface area contributed by atoms with E-state index in [-0.39, 0.29) is 5.91 Å². The minimum Gasteiger partial charge on any atom is -0.479 e. The smallest absolute Gasteiger partial charge is 0.265 e. The van der Waals surface area contributed by atoms with Crippen LogP contribution in [0.1, 0.15) is 12.5 Å². The molecule has 0 spiro atoms. The van der Waals surface area contributed by atoms with Crippen molar-refractivity contribution in [3.8, 4) is 5.75 Å². The van der Waals surface area contributed by atoms with Crippen molar-refractivity contribution in [2.24, 2.45) is 0 Å². The number of carbonyl (C=O) groups excluding carboxylic acids is 1. The van der Waals surface area contributed by atoms with Crippen molar-refractivity contribution in [1.29, 1.82) is 0 Å². The fraction of sp³-hybridized carbons (Fsp3) is 0.188. The summed E-state index contributed by atoms with van der Waals surface area (Å²) in [6.07, 6.45) is -0.740. The number of benzene rings is 2. The predicted molar refractivity (Wildman–Crippen MR) is 91.4 cm³/mol. The van der Waals surface area contributed by atoms with E-state index in [9.17, 15) is 4.79 Å². The van der Waals surface area contributed by atoms with E-state index in [1.165, 1.54) is 0 Å². The van der Waals surface area contributed by atoms with Crippen LogP contribution in [0.4, 0.5) is 5.69 Å². The molecule has 0 aliphatic heterocycles. The number of hydrogen-bond donors (Lipinski definition) is 1. The lowest BCUT2D eigenvalue weighted by Crippen LogP contribution is -2.30. The highest BCUT2D eigenvalue weighted by atomic mass is 35.5. The van der Waals surface area contributed by atoms with E-state index in [1.807, 2.05) is 13.0 Å². The standard InChI is InChI=1S/C16H14Cl3NO2/c1-9-3-5-14(12(18)7-9)20-16(21)10(2)22-15-6-4-11(17)8-13(15)19/h3-8,10H,1-2H3,(H,20,21). The Morgan fingerprint density at radius 1 is 1.09 bits per heavy atom. The maximum atomic E-state index is 12.2. The second-order valence-electron chi connectivity index (χ2n) is 4.81. The first-order chi connectivity index (χ1) is 10.4. The molecular formula is C16H14Cl3NO2. The third-order valence-corrected chi connectivity index (χ3v) is 3.79. The maximum absolute atomic E-state index is 12.2. The lowest BCUT2D eigenvalue weighted by Gasteiger charge is -2.16. The van der Waals surface area contributed by atoms with Gasteiger partial charge in [0.15, 0.2) is 6.10 Å². The van der Waals surface area contributed by atoms with Crippen LogP contribution in [-0.4, -0.2) is 12.0 Å². The van der Waals surface area contributed by atoms with E-state index in [0.717, 1.165) is 5.56 Å². The van der Waals surface area contributed by atoms with E-state index in [0.29, 0.717) is 26.5 Å². The second kappa shape index (κ2) is 7.23. The number of ether oxygens (including phenoxy) is 1. The van der Waals surface area contributed by atoms with Crippen LogP contribution in [0.15, 0.2) is 36.4 Å². The number of carbonyl (C=O) groups is 1. The molecule has 2 aromatic rings. The molecule has 0 radical (unpaired) electrons. The van der Waals surface area contributed by atoms with Gasteiger partial charge in [0.05, 0.1) is 15.7 Å². The summed E-state index contributed by atoms with van der Waals surface area (Å²) >= 11 is 17.9. The highest BCUT2D eigenvalue weighted by Gasteiger charge is 2.17. The first-order valence-corrected chi connectivity index (χ1v) is 7.69. The quantitative estimate of drug-likeness (QED) is 0.799. The van der Waals surface area contributed by atoms with Gasteiger partial charge in [-0.3, -0.25) is 4.79 Å².